The zero-order valence-electron chi connectivity index (χ0n) is 14.8. The maximum absolute atomic E-state index is 12.2. The molecule has 1 aromatic rings. The number of aliphatic hydroxyl groups excluding tert-OH is 1. The van der Waals surface area contributed by atoms with Crippen molar-refractivity contribution in [1.29, 1.82) is 0 Å². The first kappa shape index (κ1) is 22.0. The van der Waals surface area contributed by atoms with Gasteiger partial charge in [-0.3, -0.25) is 0 Å². The van der Waals surface area contributed by atoms with Crippen molar-refractivity contribution in [3.8, 4) is 5.75 Å². The van der Waals surface area contributed by atoms with Crippen LogP contribution in [0.2, 0.25) is 5.15 Å². The van der Waals surface area contributed by atoms with Gasteiger partial charge in [0.2, 0.25) is 0 Å². The van der Waals surface area contributed by atoms with Crippen molar-refractivity contribution in [2.45, 2.75) is 52.4 Å². The molecule has 24 heavy (non-hydrogen) atoms. The van der Waals surface area contributed by atoms with Gasteiger partial charge in [0, 0.05) is 0 Å². The third kappa shape index (κ3) is 6.33. The van der Waals surface area contributed by atoms with Gasteiger partial charge < -0.3 is 14.4 Å². The number of aromatic nitrogens is 1. The number of rotatable bonds is 6. The lowest BCUT2D eigenvalue weighted by molar-refractivity contribution is 0.194. The van der Waals surface area contributed by atoms with E-state index in [0.29, 0.717) is 17.2 Å². The summed E-state index contributed by atoms with van der Waals surface area (Å²) in [6.07, 6.45) is -0.702. The van der Waals surface area contributed by atoms with Crippen LogP contribution in [0.5, 0.6) is 5.75 Å². The van der Waals surface area contributed by atoms with E-state index >= 15 is 0 Å². The van der Waals surface area contributed by atoms with Gasteiger partial charge in [-0.2, -0.15) is 0 Å². The molecule has 1 aromatic heterocycles. The molecule has 0 fully saturated rings. The van der Waals surface area contributed by atoms with Crippen LogP contribution >= 0.6 is 34.2 Å². The maximum atomic E-state index is 12.2. The summed E-state index contributed by atoms with van der Waals surface area (Å²) in [5.74, 6) is 0.536. The molecule has 0 saturated heterocycles. The number of pyridine rings is 1. The van der Waals surface area contributed by atoms with Crippen LogP contribution in [-0.2, 0) is 11.4 Å². The first-order valence-corrected chi connectivity index (χ1v) is 10.2. The van der Waals surface area contributed by atoms with Crippen LogP contribution in [0, 0.1) is 9.49 Å². The largest absolute Gasteiger partial charge is 0.591 e. The molecule has 136 valence electrons. The summed E-state index contributed by atoms with van der Waals surface area (Å²) in [5, 5.41) is 9.80. The van der Waals surface area contributed by atoms with Crippen molar-refractivity contribution < 1.29 is 14.4 Å². The van der Waals surface area contributed by atoms with E-state index in [1.807, 2.05) is 34.6 Å². The molecular weight excluding hydrogens is 463 g/mol. The maximum Gasteiger partial charge on any atom is 0.172 e. The fourth-order valence-corrected chi connectivity index (χ4v) is 3.41. The second-order valence-corrected chi connectivity index (χ2v) is 10.1. The smallest absolute Gasteiger partial charge is 0.172 e. The van der Waals surface area contributed by atoms with E-state index < -0.39 is 22.2 Å². The molecule has 5 nitrogen and oxygen atoms in total. The van der Waals surface area contributed by atoms with Crippen LogP contribution < -0.4 is 4.74 Å². The molecular formula is C16H24ClIN2O3S. The summed E-state index contributed by atoms with van der Waals surface area (Å²) >= 11 is 6.91. The van der Waals surface area contributed by atoms with E-state index in [4.69, 9.17) is 16.3 Å². The fraction of sp³-hybridized carbons (Fsp3) is 0.625. The second-order valence-electron chi connectivity index (χ2n) is 6.71. The SMILES string of the molecule is CC(C)/C(COc1c(I)cc(C(C)O)nc1Cl)=N/[S+]([O-])C(C)(C)C. The van der Waals surface area contributed by atoms with Crippen molar-refractivity contribution in [2.24, 2.45) is 10.3 Å². The predicted octanol–water partition coefficient (Wildman–Crippen LogP) is 4.33. The van der Waals surface area contributed by atoms with Gasteiger partial charge >= 0.3 is 0 Å². The molecule has 2 atom stereocenters. The number of nitrogens with zero attached hydrogens (tertiary/aromatic N) is 2. The third-order valence-electron chi connectivity index (χ3n) is 3.09. The van der Waals surface area contributed by atoms with E-state index in [2.05, 4.69) is 32.0 Å². The molecule has 0 amide bonds. The summed E-state index contributed by atoms with van der Waals surface area (Å²) in [6.45, 7) is 11.4. The standard InChI is InChI=1S/C16H24ClIN2O3S/c1-9(2)13(20-24(22)16(4,5)6)8-23-14-11(18)7-12(10(3)21)19-15(14)17/h7,9-10,21H,8H2,1-6H3/b20-13+. The van der Waals surface area contributed by atoms with Crippen molar-refractivity contribution in [2.75, 3.05) is 6.61 Å². The highest BCUT2D eigenvalue weighted by atomic mass is 127. The molecule has 1 rings (SSSR count). The zero-order chi connectivity index (χ0) is 18.7. The lowest BCUT2D eigenvalue weighted by atomic mass is 10.1. The number of aliphatic hydroxyl groups is 1. The first-order valence-electron chi connectivity index (χ1n) is 7.59. The van der Waals surface area contributed by atoms with E-state index in [1.54, 1.807) is 13.0 Å². The van der Waals surface area contributed by atoms with Crippen molar-refractivity contribution >= 4 is 51.3 Å². The highest BCUT2D eigenvalue weighted by molar-refractivity contribution is 14.1. The average Bonchev–Trinajstić information content (AvgIpc) is 2.43. The molecule has 0 aliphatic rings. The van der Waals surface area contributed by atoms with Crippen LogP contribution in [-0.4, -0.2) is 31.7 Å². The summed E-state index contributed by atoms with van der Waals surface area (Å²) in [6, 6.07) is 1.73. The third-order valence-corrected chi connectivity index (χ3v) is 5.59. The van der Waals surface area contributed by atoms with Crippen LogP contribution in [0.4, 0.5) is 0 Å². The summed E-state index contributed by atoms with van der Waals surface area (Å²) < 4.78 is 22.7. The Bertz CT molecular complexity index is 580. The highest BCUT2D eigenvalue weighted by Crippen LogP contribution is 2.31. The molecule has 0 spiro atoms. The van der Waals surface area contributed by atoms with Crippen LogP contribution in [0.15, 0.2) is 10.5 Å². The van der Waals surface area contributed by atoms with Gasteiger partial charge in [-0.1, -0.05) is 29.8 Å². The minimum absolute atomic E-state index is 0.0948. The van der Waals surface area contributed by atoms with Gasteiger partial charge in [-0.15, -0.1) is 0 Å². The molecule has 0 aliphatic heterocycles. The normalized spacial score (nSPS) is 15.5. The lowest BCUT2D eigenvalue weighted by Gasteiger charge is -2.20. The van der Waals surface area contributed by atoms with Gasteiger partial charge in [0.05, 0.1) is 15.4 Å². The lowest BCUT2D eigenvalue weighted by Crippen LogP contribution is -2.29. The van der Waals surface area contributed by atoms with E-state index in [9.17, 15) is 9.66 Å². The zero-order valence-corrected chi connectivity index (χ0v) is 18.5. The monoisotopic (exact) mass is 486 g/mol. The Morgan fingerprint density at radius 1 is 1.46 bits per heavy atom. The Hall–Kier alpha value is -0.0900. The molecule has 0 aromatic carbocycles. The topological polar surface area (TPSA) is 77.8 Å². The fourth-order valence-electron chi connectivity index (χ4n) is 1.52. The quantitative estimate of drug-likeness (QED) is 0.281. The van der Waals surface area contributed by atoms with Crippen LogP contribution in [0.1, 0.15) is 53.3 Å². The number of hydrogen-bond acceptors (Lipinski definition) is 5. The molecule has 8 heteroatoms. The summed E-state index contributed by atoms with van der Waals surface area (Å²) in [7, 11) is 0. The van der Waals surface area contributed by atoms with E-state index in [0.717, 1.165) is 3.57 Å². The van der Waals surface area contributed by atoms with Gasteiger partial charge in [0.25, 0.3) is 0 Å². The molecule has 1 N–H and O–H groups in total. The Morgan fingerprint density at radius 3 is 2.46 bits per heavy atom. The number of halogens is 2. The molecule has 0 aliphatic carbocycles. The van der Waals surface area contributed by atoms with E-state index in [-0.39, 0.29) is 17.7 Å². The van der Waals surface area contributed by atoms with Gasteiger partial charge in [-0.05, 0) is 62.3 Å². The number of hydrogen-bond donors (Lipinski definition) is 1. The van der Waals surface area contributed by atoms with Gasteiger partial charge in [0.1, 0.15) is 28.4 Å². The molecule has 0 bridgehead atoms. The van der Waals surface area contributed by atoms with E-state index in [1.165, 1.54) is 0 Å². The van der Waals surface area contributed by atoms with Crippen molar-refractivity contribution in [3.05, 3.63) is 20.5 Å². The molecule has 0 radical (unpaired) electrons. The first-order chi connectivity index (χ1) is 10.9. The van der Waals surface area contributed by atoms with Crippen LogP contribution in [0.25, 0.3) is 0 Å². The Kier molecular flexibility index (Phi) is 8.25. The second kappa shape index (κ2) is 9.02. The highest BCUT2D eigenvalue weighted by Gasteiger charge is 2.28. The molecule has 1 heterocycles. The van der Waals surface area contributed by atoms with Gasteiger partial charge in [-0.25, -0.2) is 4.98 Å². The van der Waals surface area contributed by atoms with Gasteiger partial charge in [0.15, 0.2) is 10.9 Å². The average molecular weight is 487 g/mol. The summed E-state index contributed by atoms with van der Waals surface area (Å²) in [4.78, 5) is 4.14. The summed E-state index contributed by atoms with van der Waals surface area (Å²) in [5.41, 5.74) is 1.19. The van der Waals surface area contributed by atoms with Crippen LogP contribution in [0.3, 0.4) is 0 Å². The Morgan fingerprint density at radius 2 is 2.04 bits per heavy atom. The molecule has 0 saturated carbocycles. The minimum Gasteiger partial charge on any atom is -0.591 e. The molecule has 2 unspecified atom stereocenters. The number of ether oxygens (including phenoxy) is 1. The predicted molar refractivity (Wildman–Crippen MR) is 108 cm³/mol. The Balaban J connectivity index is 2.99. The minimum atomic E-state index is -1.34. The van der Waals surface area contributed by atoms with Crippen molar-refractivity contribution in [1.82, 2.24) is 4.98 Å². The Labute approximate surface area is 165 Å². The van der Waals surface area contributed by atoms with Crippen molar-refractivity contribution in [3.63, 3.8) is 0 Å².